The van der Waals surface area contributed by atoms with Crippen molar-refractivity contribution in [2.24, 2.45) is 0 Å². The fourth-order valence-corrected chi connectivity index (χ4v) is 1.91. The number of ether oxygens (including phenoxy) is 3. The topological polar surface area (TPSA) is 94.1 Å². The van der Waals surface area contributed by atoms with Crippen LogP contribution >= 0.6 is 11.6 Å². The third kappa shape index (κ3) is 3.69. The Morgan fingerprint density at radius 3 is 2.24 bits per heavy atom. The third-order valence-corrected chi connectivity index (χ3v) is 2.99. The van der Waals surface area contributed by atoms with Crippen LogP contribution in [0.3, 0.4) is 0 Å². The van der Waals surface area contributed by atoms with E-state index in [0.29, 0.717) is 0 Å². The number of rotatable bonds is 7. The average molecular weight is 318 g/mol. The zero-order valence-corrected chi connectivity index (χ0v) is 12.6. The number of carbonyl (C=O) groups is 2. The molecule has 0 aliphatic carbocycles. The summed E-state index contributed by atoms with van der Waals surface area (Å²) in [6.07, 6.45) is 0. The van der Waals surface area contributed by atoms with E-state index in [1.54, 1.807) is 0 Å². The van der Waals surface area contributed by atoms with Gasteiger partial charge in [-0.05, 0) is 6.07 Å². The number of halogens is 1. The molecule has 0 aliphatic rings. The van der Waals surface area contributed by atoms with E-state index in [2.05, 4.69) is 5.32 Å². The third-order valence-electron chi connectivity index (χ3n) is 2.75. The van der Waals surface area contributed by atoms with Gasteiger partial charge >= 0.3 is 5.97 Å². The summed E-state index contributed by atoms with van der Waals surface area (Å²) in [5.74, 6) is -1.17. The highest BCUT2D eigenvalue weighted by Gasteiger charge is 2.24. The maximum atomic E-state index is 11.4. The van der Waals surface area contributed by atoms with E-state index in [1.807, 2.05) is 0 Å². The Hall–Kier alpha value is -2.15. The number of alkyl halides is 1. The molecule has 1 aromatic carbocycles. The van der Waals surface area contributed by atoms with Crippen molar-refractivity contribution >= 4 is 23.5 Å². The van der Waals surface area contributed by atoms with Crippen LogP contribution in [0.2, 0.25) is 0 Å². The van der Waals surface area contributed by atoms with Crippen molar-refractivity contribution in [2.45, 2.75) is 6.54 Å². The van der Waals surface area contributed by atoms with Gasteiger partial charge in [0.25, 0.3) is 0 Å². The first kappa shape index (κ1) is 16.9. The Bertz CT molecular complexity index is 546. The van der Waals surface area contributed by atoms with Gasteiger partial charge in [-0.2, -0.15) is 0 Å². The van der Waals surface area contributed by atoms with Crippen LogP contribution in [0.15, 0.2) is 6.07 Å². The molecule has 1 amide bonds. The van der Waals surface area contributed by atoms with Crippen molar-refractivity contribution in [2.75, 3.05) is 27.2 Å². The lowest BCUT2D eigenvalue weighted by Gasteiger charge is -2.18. The Morgan fingerprint density at radius 1 is 1.19 bits per heavy atom. The van der Waals surface area contributed by atoms with E-state index in [1.165, 1.54) is 27.4 Å². The molecule has 0 atom stereocenters. The molecule has 7 nitrogen and oxygen atoms in total. The van der Waals surface area contributed by atoms with Gasteiger partial charge in [-0.15, -0.1) is 11.6 Å². The molecule has 0 bridgehead atoms. The number of benzene rings is 1. The minimum Gasteiger partial charge on any atom is -0.493 e. The standard InChI is InChI=1S/C13H16ClNO6/c1-19-9-4-7(13(17)18)8(6-15-10(16)5-14)11(20-2)12(9)21-3/h4H,5-6H2,1-3H3,(H,15,16)(H,17,18). The molecule has 1 aromatic rings. The lowest BCUT2D eigenvalue weighted by Crippen LogP contribution is -2.25. The maximum Gasteiger partial charge on any atom is 0.336 e. The fraction of sp³-hybridized carbons (Fsp3) is 0.385. The number of aromatic carboxylic acids is 1. The van der Waals surface area contributed by atoms with Crippen LogP contribution in [-0.2, 0) is 11.3 Å². The summed E-state index contributed by atoms with van der Waals surface area (Å²) in [7, 11) is 4.16. The fourth-order valence-electron chi connectivity index (χ4n) is 1.82. The van der Waals surface area contributed by atoms with Crippen LogP contribution in [0.5, 0.6) is 17.2 Å². The van der Waals surface area contributed by atoms with Gasteiger partial charge in [0.05, 0.1) is 26.9 Å². The summed E-state index contributed by atoms with van der Waals surface area (Å²) in [6, 6.07) is 1.31. The predicted molar refractivity (Wildman–Crippen MR) is 75.6 cm³/mol. The van der Waals surface area contributed by atoms with Crippen LogP contribution in [0, 0.1) is 0 Å². The minimum atomic E-state index is -1.18. The monoisotopic (exact) mass is 317 g/mol. The summed E-state index contributed by atoms with van der Waals surface area (Å²) in [5.41, 5.74) is 0.209. The zero-order valence-electron chi connectivity index (χ0n) is 11.9. The first-order chi connectivity index (χ1) is 9.99. The van der Waals surface area contributed by atoms with E-state index in [9.17, 15) is 14.7 Å². The van der Waals surface area contributed by atoms with Gasteiger partial charge in [-0.1, -0.05) is 0 Å². The van der Waals surface area contributed by atoms with Crippen LogP contribution in [0.1, 0.15) is 15.9 Å². The summed E-state index contributed by atoms with van der Waals surface area (Å²) < 4.78 is 15.5. The van der Waals surface area contributed by atoms with Gasteiger partial charge in [-0.25, -0.2) is 4.79 Å². The highest BCUT2D eigenvalue weighted by Crippen LogP contribution is 2.42. The molecule has 0 saturated heterocycles. The number of nitrogens with one attached hydrogen (secondary N) is 1. The molecule has 0 heterocycles. The van der Waals surface area contributed by atoms with Gasteiger partial charge in [0.2, 0.25) is 11.7 Å². The highest BCUT2D eigenvalue weighted by molar-refractivity contribution is 6.27. The van der Waals surface area contributed by atoms with Gasteiger partial charge in [0, 0.05) is 12.1 Å². The number of methoxy groups -OCH3 is 3. The van der Waals surface area contributed by atoms with Crippen molar-refractivity contribution in [3.05, 3.63) is 17.2 Å². The largest absolute Gasteiger partial charge is 0.493 e. The van der Waals surface area contributed by atoms with E-state index < -0.39 is 11.9 Å². The second-order valence-corrected chi connectivity index (χ2v) is 4.15. The summed E-state index contributed by atoms with van der Waals surface area (Å²) in [6.45, 7) is -0.0588. The normalized spacial score (nSPS) is 9.90. The molecule has 21 heavy (non-hydrogen) atoms. The molecule has 0 radical (unpaired) electrons. The molecule has 2 N–H and O–H groups in total. The molecule has 0 spiro atoms. The van der Waals surface area contributed by atoms with Crippen molar-refractivity contribution in [3.8, 4) is 17.2 Å². The van der Waals surface area contributed by atoms with E-state index in [4.69, 9.17) is 25.8 Å². The minimum absolute atomic E-state index is 0.0561. The molecule has 0 aromatic heterocycles. The molecule has 0 saturated carbocycles. The van der Waals surface area contributed by atoms with Crippen LogP contribution in [0.4, 0.5) is 0 Å². The number of hydrogen-bond donors (Lipinski definition) is 2. The first-order valence-electron chi connectivity index (χ1n) is 5.87. The molecule has 0 unspecified atom stereocenters. The SMILES string of the molecule is COc1cc(C(=O)O)c(CNC(=O)CCl)c(OC)c1OC. The van der Waals surface area contributed by atoms with Gasteiger partial charge in [0.1, 0.15) is 5.88 Å². The first-order valence-corrected chi connectivity index (χ1v) is 6.41. The van der Waals surface area contributed by atoms with Gasteiger partial charge in [0.15, 0.2) is 11.5 Å². The quantitative estimate of drug-likeness (QED) is 0.735. The van der Waals surface area contributed by atoms with E-state index >= 15 is 0 Å². The molecular weight excluding hydrogens is 302 g/mol. The average Bonchev–Trinajstić information content (AvgIpc) is 2.50. The maximum absolute atomic E-state index is 11.4. The van der Waals surface area contributed by atoms with E-state index in [0.717, 1.165) is 0 Å². The van der Waals surface area contributed by atoms with Gasteiger partial charge in [-0.3, -0.25) is 4.79 Å². The van der Waals surface area contributed by atoms with Gasteiger partial charge < -0.3 is 24.6 Å². The number of carboxylic acid groups (broad SMARTS) is 1. The van der Waals surface area contributed by atoms with Crippen LogP contribution < -0.4 is 19.5 Å². The summed E-state index contributed by atoms with van der Waals surface area (Å²) in [5, 5.41) is 11.8. The lowest BCUT2D eigenvalue weighted by molar-refractivity contribution is -0.118. The summed E-state index contributed by atoms with van der Waals surface area (Å²) in [4.78, 5) is 22.6. The number of carbonyl (C=O) groups excluding carboxylic acids is 1. The van der Waals surface area contributed by atoms with Crippen molar-refractivity contribution < 1.29 is 28.9 Å². The highest BCUT2D eigenvalue weighted by atomic mass is 35.5. The molecule has 0 fully saturated rings. The Balaban J connectivity index is 3.41. The predicted octanol–water partition coefficient (Wildman–Crippen LogP) is 1.27. The lowest BCUT2D eigenvalue weighted by atomic mass is 10.0. The van der Waals surface area contributed by atoms with Crippen molar-refractivity contribution in [3.63, 3.8) is 0 Å². The Kier molecular flexibility index (Phi) is 6.10. The molecule has 116 valence electrons. The Labute approximate surface area is 126 Å². The number of hydrogen-bond acceptors (Lipinski definition) is 5. The second-order valence-electron chi connectivity index (χ2n) is 3.89. The molecule has 8 heteroatoms. The van der Waals surface area contributed by atoms with E-state index in [-0.39, 0.29) is 40.8 Å². The van der Waals surface area contributed by atoms with Crippen LogP contribution in [-0.4, -0.2) is 44.2 Å². The number of amides is 1. The molecule has 1 rings (SSSR count). The summed E-state index contributed by atoms with van der Waals surface area (Å²) >= 11 is 5.40. The smallest absolute Gasteiger partial charge is 0.336 e. The Morgan fingerprint density at radius 2 is 1.81 bits per heavy atom. The molecular formula is C13H16ClNO6. The van der Waals surface area contributed by atoms with Crippen molar-refractivity contribution in [1.82, 2.24) is 5.32 Å². The zero-order chi connectivity index (χ0) is 16.0. The second kappa shape index (κ2) is 7.58. The molecule has 0 aliphatic heterocycles. The van der Waals surface area contributed by atoms with Crippen molar-refractivity contribution in [1.29, 1.82) is 0 Å². The number of carboxylic acids is 1. The van der Waals surface area contributed by atoms with Crippen LogP contribution in [0.25, 0.3) is 0 Å².